The minimum atomic E-state index is 0. The van der Waals surface area contributed by atoms with E-state index in [1.54, 1.807) is 12.1 Å². The second-order valence-electron chi connectivity index (χ2n) is 12.1. The number of hydrogen-bond donors (Lipinski definition) is 3. The second kappa shape index (κ2) is 12.8. The maximum Gasteiger partial charge on any atom is 0.115 e. The molecule has 3 N–H and O–H groups in total. The number of aromatic hydroxyl groups is 1. The van der Waals surface area contributed by atoms with E-state index in [0.29, 0.717) is 0 Å². The van der Waals surface area contributed by atoms with E-state index in [-0.39, 0.29) is 16.7 Å². The first-order valence-electron chi connectivity index (χ1n) is 16.3. The highest BCUT2D eigenvalue weighted by molar-refractivity contribution is 5.99. The molecule has 5 nitrogen and oxygen atoms in total. The molecule has 0 aliphatic carbocycles. The molecule has 50 heavy (non-hydrogen) atoms. The Kier molecular flexibility index (Phi) is 7.91. The van der Waals surface area contributed by atoms with Gasteiger partial charge in [0.15, 0.2) is 0 Å². The minimum Gasteiger partial charge on any atom is -0.508 e. The van der Waals surface area contributed by atoms with Gasteiger partial charge in [0.1, 0.15) is 5.75 Å². The Labute approximate surface area is 294 Å². The Hall–Kier alpha value is -6.50. The van der Waals surface area contributed by atoms with Gasteiger partial charge in [-0.25, -0.2) is 9.97 Å². The highest BCUT2D eigenvalue weighted by Crippen LogP contribution is 2.38. The van der Waals surface area contributed by atoms with Crippen LogP contribution in [0.5, 0.6) is 5.75 Å². The van der Waals surface area contributed by atoms with Gasteiger partial charge in [-0.3, -0.25) is 0 Å². The van der Waals surface area contributed by atoms with Crippen LogP contribution < -0.4 is 0 Å². The molecule has 6 heteroatoms. The first-order valence-corrected chi connectivity index (χ1v) is 16.3. The number of aromatic nitrogens is 4. The fraction of sp³-hybridized carbons (Fsp3) is 0. The van der Waals surface area contributed by atoms with E-state index < -0.39 is 0 Å². The van der Waals surface area contributed by atoms with E-state index in [4.69, 9.17) is 9.97 Å². The third kappa shape index (κ3) is 5.47. The Bertz CT molecular complexity index is 2550. The third-order valence-electron chi connectivity index (χ3n) is 9.10. The van der Waals surface area contributed by atoms with Gasteiger partial charge in [-0.2, -0.15) is 0 Å². The normalized spacial score (nSPS) is 11.8. The van der Waals surface area contributed by atoms with Crippen molar-refractivity contribution >= 4 is 57.3 Å². The van der Waals surface area contributed by atoms with Gasteiger partial charge in [0.2, 0.25) is 0 Å². The van der Waals surface area contributed by atoms with Crippen LogP contribution in [-0.2, 0) is 0 Å². The van der Waals surface area contributed by atoms with Crippen molar-refractivity contribution in [2.75, 3.05) is 0 Å². The van der Waals surface area contributed by atoms with Gasteiger partial charge in [-0.15, -0.1) is 0 Å². The van der Waals surface area contributed by atoms with Gasteiger partial charge < -0.3 is 15.1 Å². The van der Waals surface area contributed by atoms with Crippen LogP contribution in [0, 0.1) is 0 Å². The van der Waals surface area contributed by atoms with Crippen LogP contribution in [0.15, 0.2) is 140 Å². The van der Waals surface area contributed by atoms with E-state index >= 15 is 0 Å². The molecule has 3 aromatic heterocycles. The number of H-pyrrole nitrogens is 2. The van der Waals surface area contributed by atoms with Crippen molar-refractivity contribution in [2.45, 2.75) is 0 Å². The van der Waals surface area contributed by atoms with Gasteiger partial charge >= 0.3 is 0 Å². The van der Waals surface area contributed by atoms with Crippen molar-refractivity contribution in [1.82, 2.24) is 19.9 Å². The summed E-state index contributed by atoms with van der Waals surface area (Å²) in [6.45, 7) is 0. The molecule has 0 fully saturated rings. The molecular weight excluding hydrogens is 629 g/mol. The zero-order chi connectivity index (χ0) is 32.7. The number of aromatic amines is 2. The zero-order valence-electron chi connectivity index (χ0n) is 26.4. The summed E-state index contributed by atoms with van der Waals surface area (Å²) in [5.74, 6) is 0.215. The summed E-state index contributed by atoms with van der Waals surface area (Å²) in [4.78, 5) is 18.2. The van der Waals surface area contributed by atoms with E-state index in [1.807, 2.05) is 30.3 Å². The highest BCUT2D eigenvalue weighted by Gasteiger charge is 2.18. The molecule has 2 aliphatic heterocycles. The van der Waals surface area contributed by atoms with Gasteiger partial charge in [0.05, 0.1) is 22.8 Å². The molecule has 0 unspecified atom stereocenters. The summed E-state index contributed by atoms with van der Waals surface area (Å²) in [7, 11) is 0. The van der Waals surface area contributed by atoms with Gasteiger partial charge in [-0.1, -0.05) is 103 Å². The molecule has 0 atom stereocenters. The molecule has 0 radical (unpaired) electrons. The van der Waals surface area contributed by atoms with Crippen molar-refractivity contribution in [3.8, 4) is 50.3 Å². The Balaban J connectivity index is 0.00000361. The van der Waals surface area contributed by atoms with Gasteiger partial charge in [0.25, 0.3) is 0 Å². The number of benzene rings is 4. The molecule has 4 aromatic carbocycles. The van der Waals surface area contributed by atoms with Crippen molar-refractivity contribution in [1.29, 1.82) is 0 Å². The Morgan fingerprint density at radius 2 is 0.620 bits per heavy atom. The van der Waals surface area contributed by atoms with E-state index in [0.717, 1.165) is 89.4 Å². The zero-order valence-corrected chi connectivity index (χ0v) is 26.4. The number of rotatable bonds is 4. The van der Waals surface area contributed by atoms with Crippen LogP contribution in [0.3, 0.4) is 0 Å². The Morgan fingerprint density at radius 3 is 0.920 bits per heavy atom. The van der Waals surface area contributed by atoms with Crippen LogP contribution >= 0.6 is 0 Å². The summed E-state index contributed by atoms with van der Waals surface area (Å²) < 4.78 is 0. The van der Waals surface area contributed by atoms with Crippen LogP contribution in [0.4, 0.5) is 0 Å². The smallest absolute Gasteiger partial charge is 0.115 e. The SMILES string of the molecule is Oc1ccc(-c2c3nc(c(-c4ccccc4)c4ccc([nH]4)c(-c4ccccc4)c4nc(c(-c5ccccc5)c5ccc2[nH]5)C=C4)C=C3)cc1.[SiH4]. The van der Waals surface area contributed by atoms with Crippen molar-refractivity contribution in [3.05, 3.63) is 162 Å². The molecule has 240 valence electrons. The number of fused-ring (bicyclic) bond motifs is 8. The van der Waals surface area contributed by atoms with Gasteiger partial charge in [-0.05, 0) is 93.9 Å². The summed E-state index contributed by atoms with van der Waals surface area (Å²) >= 11 is 0. The van der Waals surface area contributed by atoms with E-state index in [2.05, 4.69) is 131 Å². The van der Waals surface area contributed by atoms with E-state index in [1.165, 1.54) is 0 Å². The Morgan fingerprint density at radius 1 is 0.340 bits per heavy atom. The minimum absolute atomic E-state index is 0. The molecule has 2 aliphatic rings. The maximum absolute atomic E-state index is 10.2. The fourth-order valence-electron chi connectivity index (χ4n) is 6.86. The highest BCUT2D eigenvalue weighted by atomic mass is 28.1. The fourth-order valence-corrected chi connectivity index (χ4v) is 6.86. The van der Waals surface area contributed by atoms with Crippen LogP contribution in [-0.4, -0.2) is 36.0 Å². The molecule has 5 heterocycles. The van der Waals surface area contributed by atoms with Crippen molar-refractivity contribution in [3.63, 3.8) is 0 Å². The predicted octanol–water partition coefficient (Wildman–Crippen LogP) is 9.58. The molecule has 7 aromatic rings. The number of hydrogen-bond acceptors (Lipinski definition) is 3. The lowest BCUT2D eigenvalue weighted by atomic mass is 10.0. The van der Waals surface area contributed by atoms with Crippen molar-refractivity contribution < 1.29 is 5.11 Å². The summed E-state index contributed by atoms with van der Waals surface area (Å²) in [5.41, 5.74) is 15.3. The van der Waals surface area contributed by atoms with Crippen LogP contribution in [0.25, 0.3) is 90.9 Å². The lowest BCUT2D eigenvalue weighted by Crippen LogP contribution is -1.89. The molecule has 0 saturated heterocycles. The summed E-state index contributed by atoms with van der Waals surface area (Å²) in [6.07, 6.45) is 8.40. The third-order valence-corrected chi connectivity index (χ3v) is 9.10. The van der Waals surface area contributed by atoms with E-state index in [9.17, 15) is 5.11 Å². The lowest BCUT2D eigenvalue weighted by Gasteiger charge is -2.07. The largest absolute Gasteiger partial charge is 0.508 e. The van der Waals surface area contributed by atoms with Gasteiger partial charge in [0, 0.05) is 44.3 Å². The number of nitrogens with one attached hydrogen (secondary N) is 2. The van der Waals surface area contributed by atoms with Crippen LogP contribution in [0.1, 0.15) is 22.8 Å². The molecule has 0 saturated carbocycles. The average molecular weight is 663 g/mol. The van der Waals surface area contributed by atoms with Crippen molar-refractivity contribution in [2.24, 2.45) is 0 Å². The molecule has 0 spiro atoms. The summed E-state index contributed by atoms with van der Waals surface area (Å²) in [5, 5.41) is 10.2. The molecule has 0 amide bonds. The first-order chi connectivity index (χ1) is 24.2. The average Bonchev–Trinajstić information content (AvgIpc) is 3.98. The number of phenolic OH excluding ortho intramolecular Hbond substituents is 1. The predicted molar refractivity (Wildman–Crippen MR) is 214 cm³/mol. The standard InChI is InChI=1S/C44H30N4O.H4Si/c49-32-18-16-31(17-19-32)44-39-26-24-37(47-39)42(29-12-6-2-7-13-29)35-22-20-33(45-35)41(28-10-4-1-5-11-28)34-21-23-36(46-34)43(30-14-8-3-9-15-30)38-25-27-40(44)48-38;/h1-27,45,48-49H;1H4. The first kappa shape index (κ1) is 30.8. The van der Waals surface area contributed by atoms with Crippen LogP contribution in [0.2, 0.25) is 0 Å². The molecule has 9 rings (SSSR count). The second-order valence-corrected chi connectivity index (χ2v) is 12.1. The number of nitrogens with zero attached hydrogens (tertiary/aromatic N) is 2. The molecular formula is C44H34N4OSi. The monoisotopic (exact) mass is 662 g/mol. The topological polar surface area (TPSA) is 77.6 Å². The molecule has 8 bridgehead atoms. The maximum atomic E-state index is 10.2. The summed E-state index contributed by atoms with van der Waals surface area (Å²) in [6, 6.07) is 47.0. The quantitative estimate of drug-likeness (QED) is 0.164. The number of phenols is 1. The lowest BCUT2D eigenvalue weighted by molar-refractivity contribution is 0.475.